The summed E-state index contributed by atoms with van der Waals surface area (Å²) < 4.78 is 10.0. The van der Waals surface area contributed by atoms with Crippen LogP contribution < -0.4 is 5.32 Å². The Labute approximate surface area is 149 Å². The van der Waals surface area contributed by atoms with E-state index in [4.69, 9.17) is 9.47 Å². The molecule has 1 N–H and O–H groups in total. The van der Waals surface area contributed by atoms with Gasteiger partial charge in [0.2, 0.25) is 0 Å². The molecule has 0 aliphatic heterocycles. The molecule has 7 heteroatoms. The van der Waals surface area contributed by atoms with Gasteiger partial charge in [-0.2, -0.15) is 0 Å². The van der Waals surface area contributed by atoms with E-state index in [9.17, 15) is 14.4 Å². The molecular formula is C18H19NO5S. The van der Waals surface area contributed by atoms with Gasteiger partial charge in [0.25, 0.3) is 5.91 Å². The number of amides is 1. The Morgan fingerprint density at radius 2 is 1.72 bits per heavy atom. The van der Waals surface area contributed by atoms with Crippen LogP contribution in [0.15, 0.2) is 30.3 Å². The number of aryl methyl sites for hydroxylation is 1. The fraction of sp³-hybridized carbons (Fsp3) is 0.278. The molecule has 1 aromatic heterocycles. The van der Waals surface area contributed by atoms with Crippen LogP contribution in [0.25, 0.3) is 0 Å². The third-order valence-electron chi connectivity index (χ3n) is 3.46. The molecule has 2 rings (SSSR count). The minimum Gasteiger partial charge on any atom is -0.462 e. The first-order chi connectivity index (χ1) is 11.9. The molecule has 1 amide bonds. The highest BCUT2D eigenvalue weighted by Crippen LogP contribution is 2.33. The van der Waals surface area contributed by atoms with E-state index in [0.717, 1.165) is 10.4 Å². The van der Waals surface area contributed by atoms with Crippen LogP contribution in [0.2, 0.25) is 0 Å². The molecule has 0 saturated carbocycles. The molecule has 0 spiro atoms. The van der Waals surface area contributed by atoms with Crippen LogP contribution >= 0.6 is 11.3 Å². The van der Waals surface area contributed by atoms with Crippen molar-refractivity contribution in [3.05, 3.63) is 51.9 Å². The Morgan fingerprint density at radius 1 is 1.04 bits per heavy atom. The van der Waals surface area contributed by atoms with Gasteiger partial charge in [0.1, 0.15) is 5.00 Å². The fourth-order valence-electron chi connectivity index (χ4n) is 2.12. The van der Waals surface area contributed by atoms with Crippen LogP contribution in [0.3, 0.4) is 0 Å². The van der Waals surface area contributed by atoms with Gasteiger partial charge in [-0.3, -0.25) is 4.79 Å². The predicted octanol–water partition coefficient (Wildman–Crippen LogP) is 3.34. The molecule has 0 unspecified atom stereocenters. The Balaban J connectivity index is 2.02. The molecule has 0 fully saturated rings. The zero-order valence-electron chi connectivity index (χ0n) is 14.3. The number of nitrogens with one attached hydrogen (secondary N) is 1. The van der Waals surface area contributed by atoms with Crippen molar-refractivity contribution in [3.8, 4) is 0 Å². The first-order valence-electron chi connectivity index (χ1n) is 7.73. The third kappa shape index (κ3) is 4.67. The number of rotatable bonds is 6. The Morgan fingerprint density at radius 3 is 2.36 bits per heavy atom. The SMILES string of the molecule is CCOC(=O)c1c(NC(=O)COC(=O)c2ccccc2)sc(C)c1C. The van der Waals surface area contributed by atoms with Gasteiger partial charge in [-0.15, -0.1) is 11.3 Å². The van der Waals surface area contributed by atoms with Crippen molar-refractivity contribution < 1.29 is 23.9 Å². The Kier molecular flexibility index (Phi) is 6.30. The molecule has 2 aromatic rings. The van der Waals surface area contributed by atoms with Crippen molar-refractivity contribution in [1.29, 1.82) is 0 Å². The van der Waals surface area contributed by atoms with Crippen LogP contribution in [-0.2, 0) is 14.3 Å². The summed E-state index contributed by atoms with van der Waals surface area (Å²) in [5, 5.41) is 3.02. The molecule has 1 aromatic carbocycles. The summed E-state index contributed by atoms with van der Waals surface area (Å²) >= 11 is 1.28. The quantitative estimate of drug-likeness (QED) is 0.798. The summed E-state index contributed by atoms with van der Waals surface area (Å²) in [7, 11) is 0. The average Bonchev–Trinajstić information content (AvgIpc) is 2.87. The highest BCUT2D eigenvalue weighted by Gasteiger charge is 2.22. The number of carbonyl (C=O) groups excluding carboxylic acids is 3. The third-order valence-corrected chi connectivity index (χ3v) is 4.58. The lowest BCUT2D eigenvalue weighted by molar-refractivity contribution is -0.119. The van der Waals surface area contributed by atoms with Gasteiger partial charge >= 0.3 is 11.9 Å². The topological polar surface area (TPSA) is 81.7 Å². The van der Waals surface area contributed by atoms with Crippen LogP contribution in [-0.4, -0.2) is 31.1 Å². The summed E-state index contributed by atoms with van der Waals surface area (Å²) in [6.45, 7) is 5.17. The maximum atomic E-state index is 12.1. The van der Waals surface area contributed by atoms with Crippen molar-refractivity contribution in [3.63, 3.8) is 0 Å². The largest absolute Gasteiger partial charge is 0.462 e. The number of benzene rings is 1. The van der Waals surface area contributed by atoms with E-state index in [2.05, 4.69) is 5.32 Å². The van der Waals surface area contributed by atoms with Gasteiger partial charge < -0.3 is 14.8 Å². The fourth-order valence-corrected chi connectivity index (χ4v) is 3.18. The molecule has 1 heterocycles. The van der Waals surface area contributed by atoms with Crippen molar-refractivity contribution >= 4 is 34.2 Å². The Hall–Kier alpha value is -2.67. The lowest BCUT2D eigenvalue weighted by atomic mass is 10.1. The monoisotopic (exact) mass is 361 g/mol. The van der Waals surface area contributed by atoms with Gasteiger partial charge in [-0.1, -0.05) is 18.2 Å². The van der Waals surface area contributed by atoms with Crippen LogP contribution in [0, 0.1) is 13.8 Å². The first-order valence-corrected chi connectivity index (χ1v) is 8.54. The van der Waals surface area contributed by atoms with Gasteiger partial charge in [0, 0.05) is 4.88 Å². The molecule has 6 nitrogen and oxygen atoms in total. The lowest BCUT2D eigenvalue weighted by Gasteiger charge is -2.08. The smallest absolute Gasteiger partial charge is 0.341 e. The van der Waals surface area contributed by atoms with Crippen LogP contribution in [0.5, 0.6) is 0 Å². The summed E-state index contributed by atoms with van der Waals surface area (Å²) in [6, 6.07) is 8.40. The standard InChI is InChI=1S/C18H19NO5S/c1-4-23-18(22)15-11(2)12(3)25-16(15)19-14(20)10-24-17(21)13-8-6-5-7-9-13/h5-9H,4,10H2,1-3H3,(H,19,20). The lowest BCUT2D eigenvalue weighted by Crippen LogP contribution is -2.21. The summed E-state index contributed by atoms with van der Waals surface area (Å²) in [5.74, 6) is -1.59. The average molecular weight is 361 g/mol. The molecule has 132 valence electrons. The number of ether oxygens (including phenoxy) is 2. The maximum absolute atomic E-state index is 12.1. The summed E-state index contributed by atoms with van der Waals surface area (Å²) in [5.41, 5.74) is 1.47. The number of carbonyl (C=O) groups is 3. The zero-order chi connectivity index (χ0) is 18.4. The number of hydrogen-bond donors (Lipinski definition) is 1. The minimum absolute atomic E-state index is 0.245. The molecular weight excluding hydrogens is 342 g/mol. The van der Waals surface area contributed by atoms with Crippen LogP contribution in [0.4, 0.5) is 5.00 Å². The molecule has 25 heavy (non-hydrogen) atoms. The van der Waals surface area contributed by atoms with Crippen molar-refractivity contribution in [2.75, 3.05) is 18.5 Å². The predicted molar refractivity (Wildman–Crippen MR) is 95.1 cm³/mol. The second-order valence-corrected chi connectivity index (χ2v) is 6.42. The molecule has 0 saturated heterocycles. The molecule has 0 bridgehead atoms. The van der Waals surface area contributed by atoms with E-state index >= 15 is 0 Å². The minimum atomic E-state index is -0.583. The number of hydrogen-bond acceptors (Lipinski definition) is 6. The first kappa shape index (κ1) is 18.7. The summed E-state index contributed by atoms with van der Waals surface area (Å²) in [6.07, 6.45) is 0. The van der Waals surface area contributed by atoms with Gasteiger partial charge in [-0.25, -0.2) is 9.59 Å². The number of thiophene rings is 1. The van der Waals surface area contributed by atoms with E-state index in [0.29, 0.717) is 16.1 Å². The molecule has 0 aliphatic rings. The maximum Gasteiger partial charge on any atom is 0.341 e. The highest BCUT2D eigenvalue weighted by atomic mass is 32.1. The van der Waals surface area contributed by atoms with Gasteiger partial charge in [0.05, 0.1) is 17.7 Å². The van der Waals surface area contributed by atoms with E-state index in [1.807, 2.05) is 6.92 Å². The number of esters is 2. The molecule has 0 atom stereocenters. The summed E-state index contributed by atoms with van der Waals surface area (Å²) in [4.78, 5) is 36.9. The van der Waals surface area contributed by atoms with E-state index in [1.165, 1.54) is 11.3 Å². The van der Waals surface area contributed by atoms with E-state index < -0.39 is 24.5 Å². The highest BCUT2D eigenvalue weighted by molar-refractivity contribution is 7.16. The number of anilines is 1. The molecule has 0 radical (unpaired) electrons. The zero-order valence-corrected chi connectivity index (χ0v) is 15.1. The second kappa shape index (κ2) is 8.43. The van der Waals surface area contributed by atoms with Crippen molar-refractivity contribution in [1.82, 2.24) is 0 Å². The van der Waals surface area contributed by atoms with Gasteiger partial charge in [0.15, 0.2) is 6.61 Å². The Bertz CT molecular complexity index is 782. The van der Waals surface area contributed by atoms with Crippen molar-refractivity contribution in [2.45, 2.75) is 20.8 Å². The van der Waals surface area contributed by atoms with Crippen molar-refractivity contribution in [2.24, 2.45) is 0 Å². The second-order valence-electron chi connectivity index (χ2n) is 5.20. The normalized spacial score (nSPS) is 10.2. The van der Waals surface area contributed by atoms with E-state index in [-0.39, 0.29) is 6.61 Å². The van der Waals surface area contributed by atoms with E-state index in [1.54, 1.807) is 44.2 Å². The molecule has 0 aliphatic carbocycles. The van der Waals surface area contributed by atoms with Crippen LogP contribution in [0.1, 0.15) is 38.1 Å². The van der Waals surface area contributed by atoms with Gasteiger partial charge in [-0.05, 0) is 38.5 Å².